The Kier molecular flexibility index (Phi) is 2.80. The van der Waals surface area contributed by atoms with Gasteiger partial charge in [-0.2, -0.15) is 0 Å². The zero-order valence-corrected chi connectivity index (χ0v) is 10.0. The molecule has 2 unspecified atom stereocenters. The Hall–Kier alpha value is -0.870. The second-order valence-corrected chi connectivity index (χ2v) is 5.23. The molecule has 0 bridgehead atoms. The van der Waals surface area contributed by atoms with Gasteiger partial charge in [-0.1, -0.05) is 19.9 Å². The van der Waals surface area contributed by atoms with E-state index in [0.717, 1.165) is 0 Å². The summed E-state index contributed by atoms with van der Waals surface area (Å²) in [6, 6.07) is 4.04. The topological polar surface area (TPSA) is 32.3 Å². The van der Waals surface area contributed by atoms with Crippen molar-refractivity contribution in [2.24, 2.45) is 5.92 Å². The molecule has 2 rings (SSSR count). The summed E-state index contributed by atoms with van der Waals surface area (Å²) >= 11 is 1.68. The Morgan fingerprint density at radius 1 is 1.53 bits per heavy atom. The van der Waals surface area contributed by atoms with Crippen LogP contribution in [-0.2, 0) is 4.79 Å². The van der Waals surface area contributed by atoms with Crippen LogP contribution in [0.2, 0.25) is 0 Å². The molecule has 82 valence electrons. The number of nitrogens with one attached hydrogen (secondary N) is 1. The van der Waals surface area contributed by atoms with Gasteiger partial charge in [0, 0.05) is 11.9 Å². The van der Waals surface area contributed by atoms with E-state index in [-0.39, 0.29) is 18.1 Å². The lowest BCUT2D eigenvalue weighted by Gasteiger charge is -2.17. The lowest BCUT2D eigenvalue weighted by atomic mass is 10.1. The van der Waals surface area contributed by atoms with E-state index in [4.69, 9.17) is 0 Å². The Labute approximate surface area is 94.1 Å². The molecule has 1 amide bonds. The van der Waals surface area contributed by atoms with Crippen LogP contribution >= 0.6 is 11.3 Å². The van der Waals surface area contributed by atoms with Gasteiger partial charge in [-0.3, -0.25) is 10.1 Å². The van der Waals surface area contributed by atoms with E-state index in [1.54, 1.807) is 16.2 Å². The number of nitrogens with zero attached hydrogens (tertiary/aromatic N) is 1. The van der Waals surface area contributed by atoms with Crippen LogP contribution in [0.5, 0.6) is 0 Å². The van der Waals surface area contributed by atoms with Crippen LogP contribution in [0.1, 0.15) is 24.9 Å². The van der Waals surface area contributed by atoms with Gasteiger partial charge in [0.05, 0.1) is 6.04 Å². The van der Waals surface area contributed by atoms with E-state index in [2.05, 4.69) is 25.2 Å². The Bertz CT molecular complexity index is 347. The van der Waals surface area contributed by atoms with Gasteiger partial charge in [0.2, 0.25) is 5.91 Å². The molecule has 0 radical (unpaired) electrons. The van der Waals surface area contributed by atoms with Crippen molar-refractivity contribution in [3.05, 3.63) is 22.4 Å². The quantitative estimate of drug-likeness (QED) is 0.831. The molecule has 1 N–H and O–H groups in total. The summed E-state index contributed by atoms with van der Waals surface area (Å²) < 4.78 is 0. The van der Waals surface area contributed by atoms with E-state index in [9.17, 15) is 4.79 Å². The number of amides is 1. The Morgan fingerprint density at radius 3 is 2.73 bits per heavy atom. The van der Waals surface area contributed by atoms with Gasteiger partial charge in [0.1, 0.15) is 6.17 Å². The van der Waals surface area contributed by atoms with Crippen molar-refractivity contribution in [2.75, 3.05) is 7.05 Å². The minimum absolute atomic E-state index is 0.0397. The van der Waals surface area contributed by atoms with E-state index >= 15 is 0 Å². The van der Waals surface area contributed by atoms with Crippen LogP contribution < -0.4 is 5.32 Å². The maximum Gasteiger partial charge on any atom is 0.241 e. The first-order valence-corrected chi connectivity index (χ1v) is 6.05. The molecule has 4 heteroatoms. The number of carbonyl (C=O) groups is 1. The largest absolute Gasteiger partial charge is 0.324 e. The van der Waals surface area contributed by atoms with Crippen molar-refractivity contribution in [1.82, 2.24) is 10.2 Å². The molecule has 0 saturated carbocycles. The zero-order valence-electron chi connectivity index (χ0n) is 9.23. The van der Waals surface area contributed by atoms with E-state index < -0.39 is 0 Å². The van der Waals surface area contributed by atoms with Crippen molar-refractivity contribution in [1.29, 1.82) is 0 Å². The first-order valence-electron chi connectivity index (χ1n) is 5.17. The van der Waals surface area contributed by atoms with Crippen LogP contribution in [0.15, 0.2) is 17.5 Å². The fourth-order valence-corrected chi connectivity index (χ4v) is 2.72. The van der Waals surface area contributed by atoms with Crippen LogP contribution in [0.3, 0.4) is 0 Å². The van der Waals surface area contributed by atoms with Gasteiger partial charge in [-0.05, 0) is 17.4 Å². The summed E-state index contributed by atoms with van der Waals surface area (Å²) in [5.74, 6) is 0.535. The van der Waals surface area contributed by atoms with E-state index in [1.807, 2.05) is 18.5 Å². The molecule has 1 fully saturated rings. The predicted octanol–water partition coefficient (Wildman–Crippen LogP) is 1.83. The fraction of sp³-hybridized carbons (Fsp3) is 0.545. The standard InChI is InChI=1S/C11H16N2OS/c1-7(2)9-11(14)13(3)10(12-9)8-5-4-6-15-8/h4-7,9-10,12H,1-3H3. The minimum atomic E-state index is -0.0397. The number of hydrogen-bond acceptors (Lipinski definition) is 3. The smallest absolute Gasteiger partial charge is 0.241 e. The van der Waals surface area contributed by atoms with Crippen molar-refractivity contribution >= 4 is 17.2 Å². The summed E-state index contributed by atoms with van der Waals surface area (Å²) in [6.45, 7) is 4.14. The fourth-order valence-electron chi connectivity index (χ4n) is 1.90. The molecule has 2 atom stereocenters. The third-order valence-corrected chi connectivity index (χ3v) is 3.74. The van der Waals surface area contributed by atoms with Gasteiger partial charge in [0.15, 0.2) is 0 Å². The first kappa shape index (κ1) is 10.6. The zero-order chi connectivity index (χ0) is 11.0. The van der Waals surface area contributed by atoms with Gasteiger partial charge in [0.25, 0.3) is 0 Å². The molecular formula is C11H16N2OS. The lowest BCUT2D eigenvalue weighted by molar-refractivity contribution is -0.129. The number of rotatable bonds is 2. The summed E-state index contributed by atoms with van der Waals surface area (Å²) in [6.07, 6.45) is 0.0601. The number of carbonyl (C=O) groups excluding carboxylic acids is 1. The van der Waals surface area contributed by atoms with Crippen molar-refractivity contribution < 1.29 is 4.79 Å². The van der Waals surface area contributed by atoms with Crippen LogP contribution in [0.4, 0.5) is 0 Å². The maximum absolute atomic E-state index is 11.9. The van der Waals surface area contributed by atoms with Crippen LogP contribution in [0.25, 0.3) is 0 Å². The normalized spacial score (nSPS) is 26.7. The monoisotopic (exact) mass is 224 g/mol. The second-order valence-electron chi connectivity index (χ2n) is 4.26. The molecular weight excluding hydrogens is 208 g/mol. The third kappa shape index (κ3) is 1.79. The molecule has 0 spiro atoms. The van der Waals surface area contributed by atoms with Crippen molar-refractivity contribution in [2.45, 2.75) is 26.1 Å². The molecule has 1 aliphatic heterocycles. The molecule has 0 aromatic carbocycles. The number of hydrogen-bond donors (Lipinski definition) is 1. The van der Waals surface area contributed by atoms with Gasteiger partial charge >= 0.3 is 0 Å². The SMILES string of the molecule is CC(C)C1NC(c2cccs2)N(C)C1=O. The highest BCUT2D eigenvalue weighted by Crippen LogP contribution is 2.28. The van der Waals surface area contributed by atoms with Crippen LogP contribution in [0, 0.1) is 5.92 Å². The molecule has 2 heterocycles. The van der Waals surface area contributed by atoms with Gasteiger partial charge < -0.3 is 4.90 Å². The van der Waals surface area contributed by atoms with Crippen molar-refractivity contribution in [3.8, 4) is 0 Å². The summed E-state index contributed by atoms with van der Waals surface area (Å²) in [7, 11) is 1.86. The van der Waals surface area contributed by atoms with E-state index in [1.165, 1.54) is 4.88 Å². The summed E-state index contributed by atoms with van der Waals surface area (Å²) in [5, 5.41) is 5.42. The molecule has 1 saturated heterocycles. The molecule has 1 aromatic heterocycles. The van der Waals surface area contributed by atoms with Gasteiger partial charge in [-0.15, -0.1) is 11.3 Å². The highest BCUT2D eigenvalue weighted by molar-refractivity contribution is 7.10. The first-order chi connectivity index (χ1) is 7.11. The Balaban J connectivity index is 2.21. The summed E-state index contributed by atoms with van der Waals surface area (Å²) in [4.78, 5) is 14.9. The molecule has 3 nitrogen and oxygen atoms in total. The summed E-state index contributed by atoms with van der Waals surface area (Å²) in [5.41, 5.74) is 0. The molecule has 1 aliphatic rings. The third-order valence-electron chi connectivity index (χ3n) is 2.82. The minimum Gasteiger partial charge on any atom is -0.324 e. The average molecular weight is 224 g/mol. The van der Waals surface area contributed by atoms with Crippen LogP contribution in [-0.4, -0.2) is 23.9 Å². The van der Waals surface area contributed by atoms with E-state index in [0.29, 0.717) is 5.92 Å². The predicted molar refractivity (Wildman–Crippen MR) is 61.6 cm³/mol. The molecule has 0 aliphatic carbocycles. The Morgan fingerprint density at radius 2 is 2.27 bits per heavy atom. The highest BCUT2D eigenvalue weighted by Gasteiger charge is 2.38. The van der Waals surface area contributed by atoms with Crippen molar-refractivity contribution in [3.63, 3.8) is 0 Å². The lowest BCUT2D eigenvalue weighted by Crippen LogP contribution is -2.33. The second kappa shape index (κ2) is 3.94. The maximum atomic E-state index is 11.9. The highest BCUT2D eigenvalue weighted by atomic mass is 32.1. The average Bonchev–Trinajstić information content (AvgIpc) is 2.77. The molecule has 15 heavy (non-hydrogen) atoms. The number of thiophene rings is 1. The molecule has 1 aromatic rings. The van der Waals surface area contributed by atoms with Gasteiger partial charge in [-0.25, -0.2) is 0 Å². The number of likely N-dealkylation sites (N-methyl/N-ethyl adjacent to an activating group) is 1.